The number of amides is 2. The van der Waals surface area contributed by atoms with E-state index in [1.807, 2.05) is 11.8 Å². The van der Waals surface area contributed by atoms with E-state index >= 15 is 0 Å². The Hall–Kier alpha value is -0.770. The minimum atomic E-state index is 0.0726. The van der Waals surface area contributed by atoms with Crippen LogP contribution in [0.25, 0.3) is 0 Å². The second kappa shape index (κ2) is 5.86. The van der Waals surface area contributed by atoms with Gasteiger partial charge in [0.25, 0.3) is 0 Å². The standard InChI is InChI=1S/C10H20N2O2/c1-3-11-10(13)12-6-4-9(5-7-12)8-14-2/h9H,3-8H2,1-2H3,(H,11,13). The highest BCUT2D eigenvalue weighted by Crippen LogP contribution is 2.16. The van der Waals surface area contributed by atoms with Gasteiger partial charge in [-0.3, -0.25) is 0 Å². The topological polar surface area (TPSA) is 41.6 Å². The Morgan fingerprint density at radius 3 is 2.64 bits per heavy atom. The average molecular weight is 200 g/mol. The molecule has 1 aliphatic heterocycles. The van der Waals surface area contributed by atoms with Gasteiger partial charge in [0.1, 0.15) is 0 Å². The molecule has 0 aromatic heterocycles. The molecule has 4 nitrogen and oxygen atoms in total. The first-order chi connectivity index (χ1) is 6.77. The number of hydrogen-bond acceptors (Lipinski definition) is 2. The first-order valence-corrected chi connectivity index (χ1v) is 5.29. The molecule has 0 aromatic rings. The molecule has 14 heavy (non-hydrogen) atoms. The van der Waals surface area contributed by atoms with Crippen LogP contribution in [0.15, 0.2) is 0 Å². The Morgan fingerprint density at radius 1 is 1.50 bits per heavy atom. The van der Waals surface area contributed by atoms with Crippen LogP contribution >= 0.6 is 0 Å². The Balaban J connectivity index is 2.24. The molecule has 82 valence electrons. The van der Waals surface area contributed by atoms with Crippen molar-refractivity contribution < 1.29 is 9.53 Å². The second-order valence-corrected chi connectivity index (χ2v) is 3.72. The monoisotopic (exact) mass is 200 g/mol. The lowest BCUT2D eigenvalue weighted by Gasteiger charge is -2.31. The van der Waals surface area contributed by atoms with Gasteiger partial charge in [-0.15, -0.1) is 0 Å². The second-order valence-electron chi connectivity index (χ2n) is 3.72. The van der Waals surface area contributed by atoms with Gasteiger partial charge in [-0.1, -0.05) is 0 Å². The van der Waals surface area contributed by atoms with Crippen molar-refractivity contribution in [3.8, 4) is 0 Å². The van der Waals surface area contributed by atoms with Gasteiger partial charge in [0.2, 0.25) is 0 Å². The van der Waals surface area contributed by atoms with E-state index < -0.39 is 0 Å². The molecule has 0 atom stereocenters. The van der Waals surface area contributed by atoms with Crippen LogP contribution in [0.1, 0.15) is 19.8 Å². The molecule has 0 unspecified atom stereocenters. The van der Waals surface area contributed by atoms with Crippen molar-refractivity contribution in [3.63, 3.8) is 0 Å². The van der Waals surface area contributed by atoms with E-state index in [4.69, 9.17) is 4.74 Å². The molecular weight excluding hydrogens is 180 g/mol. The quantitative estimate of drug-likeness (QED) is 0.740. The van der Waals surface area contributed by atoms with E-state index in [2.05, 4.69) is 5.32 Å². The van der Waals surface area contributed by atoms with Gasteiger partial charge in [0.15, 0.2) is 0 Å². The maximum Gasteiger partial charge on any atom is 0.317 e. The van der Waals surface area contributed by atoms with Crippen LogP contribution in [-0.2, 0) is 4.74 Å². The summed E-state index contributed by atoms with van der Waals surface area (Å²) in [6.45, 7) is 5.19. The van der Waals surface area contributed by atoms with Crippen molar-refractivity contribution in [2.24, 2.45) is 5.92 Å². The van der Waals surface area contributed by atoms with E-state index in [1.165, 1.54) is 0 Å². The summed E-state index contributed by atoms with van der Waals surface area (Å²) < 4.78 is 5.11. The molecule has 1 rings (SSSR count). The molecule has 1 aliphatic rings. The fourth-order valence-corrected chi connectivity index (χ4v) is 1.80. The fourth-order valence-electron chi connectivity index (χ4n) is 1.80. The third-order valence-corrected chi connectivity index (χ3v) is 2.63. The van der Waals surface area contributed by atoms with E-state index in [9.17, 15) is 4.79 Å². The van der Waals surface area contributed by atoms with Gasteiger partial charge in [0, 0.05) is 33.4 Å². The molecule has 0 aromatic carbocycles. The van der Waals surface area contributed by atoms with Crippen molar-refractivity contribution in [3.05, 3.63) is 0 Å². The molecule has 0 spiro atoms. The number of piperidine rings is 1. The molecule has 0 saturated carbocycles. The van der Waals surface area contributed by atoms with E-state index in [0.717, 1.165) is 32.5 Å². The van der Waals surface area contributed by atoms with Crippen LogP contribution < -0.4 is 5.32 Å². The number of urea groups is 1. The number of hydrogen-bond donors (Lipinski definition) is 1. The smallest absolute Gasteiger partial charge is 0.317 e. The van der Waals surface area contributed by atoms with Gasteiger partial charge < -0.3 is 15.0 Å². The van der Waals surface area contributed by atoms with Gasteiger partial charge in [0.05, 0.1) is 0 Å². The van der Waals surface area contributed by atoms with E-state index in [0.29, 0.717) is 12.5 Å². The Morgan fingerprint density at radius 2 is 2.14 bits per heavy atom. The summed E-state index contributed by atoms with van der Waals surface area (Å²) in [5, 5.41) is 2.82. The van der Waals surface area contributed by atoms with Crippen LogP contribution in [-0.4, -0.2) is 44.3 Å². The van der Waals surface area contributed by atoms with Crippen LogP contribution in [0.5, 0.6) is 0 Å². The number of rotatable bonds is 3. The minimum absolute atomic E-state index is 0.0726. The SMILES string of the molecule is CCNC(=O)N1CCC(COC)CC1. The Labute approximate surface area is 85.6 Å². The van der Waals surface area contributed by atoms with Crippen molar-refractivity contribution in [1.29, 1.82) is 0 Å². The number of nitrogens with zero attached hydrogens (tertiary/aromatic N) is 1. The average Bonchev–Trinajstić information content (AvgIpc) is 2.20. The molecule has 0 radical (unpaired) electrons. The fraction of sp³-hybridized carbons (Fsp3) is 0.900. The number of carbonyl (C=O) groups excluding carboxylic acids is 1. The maximum absolute atomic E-state index is 11.4. The molecule has 0 aliphatic carbocycles. The summed E-state index contributed by atoms with van der Waals surface area (Å²) in [6.07, 6.45) is 2.12. The molecule has 1 fully saturated rings. The Kier molecular flexibility index (Phi) is 4.73. The van der Waals surface area contributed by atoms with Crippen molar-refractivity contribution >= 4 is 6.03 Å². The van der Waals surface area contributed by atoms with Crippen LogP contribution in [0.4, 0.5) is 4.79 Å². The first kappa shape index (κ1) is 11.3. The summed E-state index contributed by atoms with van der Waals surface area (Å²) in [7, 11) is 1.73. The molecule has 1 saturated heterocycles. The minimum Gasteiger partial charge on any atom is -0.384 e. The zero-order valence-electron chi connectivity index (χ0n) is 9.08. The predicted molar refractivity (Wildman–Crippen MR) is 55.2 cm³/mol. The zero-order valence-corrected chi connectivity index (χ0v) is 9.08. The lowest BCUT2D eigenvalue weighted by Crippen LogP contribution is -2.44. The van der Waals surface area contributed by atoms with Gasteiger partial charge in [-0.05, 0) is 25.7 Å². The molecule has 1 heterocycles. The van der Waals surface area contributed by atoms with E-state index in [1.54, 1.807) is 7.11 Å². The normalized spacial score (nSPS) is 18.3. The van der Waals surface area contributed by atoms with E-state index in [-0.39, 0.29) is 6.03 Å². The first-order valence-electron chi connectivity index (χ1n) is 5.29. The number of ether oxygens (including phenoxy) is 1. The third-order valence-electron chi connectivity index (χ3n) is 2.63. The zero-order chi connectivity index (χ0) is 10.4. The molecule has 4 heteroatoms. The summed E-state index contributed by atoms with van der Waals surface area (Å²) in [5.41, 5.74) is 0. The van der Waals surface area contributed by atoms with Gasteiger partial charge >= 0.3 is 6.03 Å². The number of nitrogens with one attached hydrogen (secondary N) is 1. The predicted octanol–water partition coefficient (Wildman–Crippen LogP) is 1.07. The van der Waals surface area contributed by atoms with Crippen LogP contribution in [0.3, 0.4) is 0 Å². The largest absolute Gasteiger partial charge is 0.384 e. The molecular formula is C10H20N2O2. The summed E-state index contributed by atoms with van der Waals surface area (Å²) >= 11 is 0. The highest BCUT2D eigenvalue weighted by Gasteiger charge is 2.21. The summed E-state index contributed by atoms with van der Waals surface area (Å²) in [4.78, 5) is 13.3. The highest BCUT2D eigenvalue weighted by atomic mass is 16.5. The number of carbonyl (C=O) groups is 1. The summed E-state index contributed by atoms with van der Waals surface area (Å²) in [6, 6.07) is 0.0726. The lowest BCUT2D eigenvalue weighted by atomic mass is 9.98. The van der Waals surface area contributed by atoms with Crippen molar-refractivity contribution in [2.45, 2.75) is 19.8 Å². The maximum atomic E-state index is 11.4. The Bertz CT molecular complexity index is 177. The highest BCUT2D eigenvalue weighted by molar-refractivity contribution is 5.74. The number of likely N-dealkylation sites (tertiary alicyclic amines) is 1. The molecule has 2 amide bonds. The molecule has 0 bridgehead atoms. The third kappa shape index (κ3) is 3.18. The van der Waals surface area contributed by atoms with Crippen LogP contribution in [0, 0.1) is 5.92 Å². The van der Waals surface area contributed by atoms with Crippen molar-refractivity contribution in [2.75, 3.05) is 33.4 Å². The van der Waals surface area contributed by atoms with Gasteiger partial charge in [-0.2, -0.15) is 0 Å². The lowest BCUT2D eigenvalue weighted by molar-refractivity contribution is 0.107. The number of methoxy groups -OCH3 is 1. The van der Waals surface area contributed by atoms with Crippen LogP contribution in [0.2, 0.25) is 0 Å². The summed E-state index contributed by atoms with van der Waals surface area (Å²) in [5.74, 6) is 0.630. The van der Waals surface area contributed by atoms with Gasteiger partial charge in [-0.25, -0.2) is 4.79 Å². The van der Waals surface area contributed by atoms with Crippen molar-refractivity contribution in [1.82, 2.24) is 10.2 Å². The molecule has 1 N–H and O–H groups in total.